The molecule has 0 saturated heterocycles. The molecule has 0 radical (unpaired) electrons. The van der Waals surface area contributed by atoms with E-state index in [0.717, 1.165) is 50.5 Å². The van der Waals surface area contributed by atoms with Gasteiger partial charge >= 0.3 is 53.7 Å². The minimum Gasteiger partial charge on any atom is -0.462 e. The smallest absolute Gasteiger partial charge is 0.365 e. The maximum atomic E-state index is 13.6. The van der Waals surface area contributed by atoms with Gasteiger partial charge in [0, 0.05) is 47.9 Å². The molecular formula is C88H102N6O23S2. The zero-order valence-corrected chi connectivity index (χ0v) is 58.9. The van der Waals surface area contributed by atoms with E-state index in [0.29, 0.717) is 50.5 Å². The molecule has 0 unspecified atom stereocenters. The maximum Gasteiger partial charge on any atom is 0.365 e. The molecule has 0 aliphatic carbocycles. The molecule has 10 aromatic rings. The normalized spacial score (nSPS) is 9.65. The number of carbonyl (C=O) groups is 9. The summed E-state index contributed by atoms with van der Waals surface area (Å²) in [5.41, 5.74) is 6.35. The van der Waals surface area contributed by atoms with Gasteiger partial charge in [0.15, 0.2) is 0 Å². The highest BCUT2D eigenvalue weighted by Crippen LogP contribution is 2.32. The molecule has 0 saturated carbocycles. The van der Waals surface area contributed by atoms with Gasteiger partial charge in [-0.15, -0.1) is 5.10 Å². The highest BCUT2D eigenvalue weighted by molar-refractivity contribution is 7.22. The van der Waals surface area contributed by atoms with Crippen LogP contribution >= 0.6 is 22.7 Å². The number of rotatable bonds is 36. The molecule has 8 aromatic carbocycles. The first-order valence-electron chi connectivity index (χ1n) is 31.9. The molecule has 119 heavy (non-hydrogen) atoms. The van der Waals surface area contributed by atoms with E-state index in [1.165, 1.54) is 144 Å². The molecule has 0 aliphatic rings. The molecule has 0 spiro atoms. The van der Waals surface area contributed by atoms with Crippen LogP contribution < -0.4 is 43.8 Å². The molecule has 10 rings (SSSR count). The van der Waals surface area contributed by atoms with Crippen LogP contribution in [0.2, 0.25) is 0 Å². The van der Waals surface area contributed by atoms with Crippen molar-refractivity contribution >= 4 is 120 Å². The lowest BCUT2D eigenvalue weighted by Gasteiger charge is -2.15. The Morgan fingerprint density at radius 3 is 1.13 bits per heavy atom. The fourth-order valence-corrected chi connectivity index (χ4v) is 10.3. The zero-order valence-electron chi connectivity index (χ0n) is 57.3. The van der Waals surface area contributed by atoms with Gasteiger partial charge in [-0.05, 0) is 157 Å². The Hall–Kier alpha value is -14.6. The number of esters is 8. The van der Waals surface area contributed by atoms with Crippen LogP contribution in [-0.4, -0.2) is 117 Å². The van der Waals surface area contributed by atoms with Crippen LogP contribution in [0.4, 0.5) is 10.3 Å². The number of para-hydroxylation sites is 2. The summed E-state index contributed by atoms with van der Waals surface area (Å²) in [5, 5.41) is 10.4. The largest absolute Gasteiger partial charge is 0.462 e. The van der Waals surface area contributed by atoms with Crippen molar-refractivity contribution in [1.82, 2.24) is 9.97 Å². The Kier molecular flexibility index (Phi) is 49.2. The second kappa shape index (κ2) is 55.0. The first-order chi connectivity index (χ1) is 53.0. The molecule has 0 amide bonds. The summed E-state index contributed by atoms with van der Waals surface area (Å²) < 4.78 is 69.7. The maximum absolute atomic E-state index is 13.6. The highest BCUT2D eigenvalue weighted by atomic mass is 32.1. The minimum atomic E-state index is -0.823. The summed E-state index contributed by atoms with van der Waals surface area (Å²) in [6.07, 6.45) is 8.01. The van der Waals surface area contributed by atoms with Crippen LogP contribution in [0, 0.1) is 0 Å². The van der Waals surface area contributed by atoms with Crippen molar-refractivity contribution < 1.29 is 110 Å². The van der Waals surface area contributed by atoms with Crippen molar-refractivity contribution in [3.8, 4) is 40.2 Å². The predicted molar refractivity (Wildman–Crippen MR) is 465 cm³/mol. The topological polar surface area (TPSA) is 349 Å². The average Bonchev–Trinajstić information content (AvgIpc) is 1.71. The summed E-state index contributed by atoms with van der Waals surface area (Å²) in [6, 6.07) is 48.2. The van der Waals surface area contributed by atoms with Gasteiger partial charge in [-0.3, -0.25) is 5.43 Å². The fourth-order valence-electron chi connectivity index (χ4n) is 8.62. The van der Waals surface area contributed by atoms with Gasteiger partial charge in [0.2, 0.25) is 44.2 Å². The lowest BCUT2D eigenvalue weighted by molar-refractivity contribution is -0.145. The van der Waals surface area contributed by atoms with E-state index in [1.807, 2.05) is 36.4 Å². The Morgan fingerprint density at radius 1 is 0.378 bits per heavy atom. The summed E-state index contributed by atoms with van der Waals surface area (Å²) in [4.78, 5) is 124. The van der Waals surface area contributed by atoms with Crippen molar-refractivity contribution in [3.63, 3.8) is 0 Å². The molecule has 0 fully saturated rings. The number of hydrazone groups is 2. The molecule has 0 bridgehead atoms. The Morgan fingerprint density at radius 2 is 0.731 bits per heavy atom. The summed E-state index contributed by atoms with van der Waals surface area (Å²) in [6.45, 7) is 14.8. The third-order valence-electron chi connectivity index (χ3n) is 14.0. The van der Waals surface area contributed by atoms with E-state index in [-0.39, 0.29) is 166 Å². The van der Waals surface area contributed by atoms with Crippen molar-refractivity contribution in [3.05, 3.63) is 284 Å². The number of carbonyl (C=O) groups excluding carboxylic acids is 9. The van der Waals surface area contributed by atoms with Gasteiger partial charge in [-0.2, -0.15) is 5.10 Å². The third-order valence-corrected chi connectivity index (χ3v) is 15.9. The standard InChI is InChI=1S/C49H39N3O15S.C29H23N3O8S.10CH4/c1-4-43(53)63-29-60-37-18-12-33(13-19-37)46(56)59-26-25-32-11-24-41(66-47(57)34-14-20-38(21-15-34)61-30-64-44(54)5-2)36(27-32)28-50-52(49-51-40-9-7-8-10-42(40)68-49)67-48(58)35-16-22-39(23-17-35)62-31-65-45(55)6-3;1-3-26(33)38-17-36-21-11-9-19(10-12-21)28(35)40-24-14-13-22(37-18-39-27(34)4-2)15-20(24)16-30-32-29-31-23-7-5-6-8-25(23)41-29;;;;;;;;;;/h4-24,27-28H,1-3,25-26,29-31H2;3-16H,1-2,17-18H2,(H,31,32);10*1H4/b50-28+;30-16+;;;;;;;;;;. The third kappa shape index (κ3) is 33.4. The number of fused-ring (bicyclic) bond motifs is 2. The van der Waals surface area contributed by atoms with E-state index in [1.54, 1.807) is 36.4 Å². The van der Waals surface area contributed by atoms with E-state index in [9.17, 15) is 43.2 Å². The SMILES string of the molecule is C.C.C.C.C.C.C.C.C.C.C=CC(=O)OCOc1ccc(C(=O)OCCc2ccc(OC(=O)c3ccc(OCOC(=O)C=C)cc3)c(/C=N/N(OC(=O)c3ccc(OCOC(=O)C=C)cc3)c3nc4ccccc4s3)c2)cc1.C=CC(=O)OCOc1ccc(C(=O)Oc2ccc(OCOC(=O)C=C)cc2/C=N/Nc2nc3ccccc3s2)cc1. The van der Waals surface area contributed by atoms with Crippen LogP contribution in [0.25, 0.3) is 20.4 Å². The van der Waals surface area contributed by atoms with Crippen molar-refractivity contribution in [2.24, 2.45) is 10.2 Å². The molecule has 1 N–H and O–H groups in total. The molecule has 0 aliphatic heterocycles. The first kappa shape index (κ1) is 106. The van der Waals surface area contributed by atoms with E-state index in [2.05, 4.69) is 58.5 Å². The molecule has 31 heteroatoms. The quantitative estimate of drug-likeness (QED) is 0.00725. The predicted octanol–water partition coefficient (Wildman–Crippen LogP) is 19.2. The molecule has 0 atom stereocenters. The van der Waals surface area contributed by atoms with Gasteiger partial charge < -0.3 is 66.4 Å². The van der Waals surface area contributed by atoms with Crippen LogP contribution in [0.1, 0.15) is 132 Å². The lowest BCUT2D eigenvalue weighted by Crippen LogP contribution is -2.22. The van der Waals surface area contributed by atoms with Crippen LogP contribution in [0.5, 0.6) is 40.2 Å². The van der Waals surface area contributed by atoms with Gasteiger partial charge in [-0.1, -0.05) is 165 Å². The van der Waals surface area contributed by atoms with Crippen molar-refractivity contribution in [1.29, 1.82) is 0 Å². The number of hydrogen-bond acceptors (Lipinski definition) is 31. The lowest BCUT2D eigenvalue weighted by atomic mass is 10.1. The van der Waals surface area contributed by atoms with Crippen LogP contribution in [0.15, 0.2) is 255 Å². The Balaban J connectivity index is 0. The molecule has 29 nitrogen and oxygen atoms in total. The van der Waals surface area contributed by atoms with E-state index >= 15 is 0 Å². The average molecular weight is 1680 g/mol. The monoisotopic (exact) mass is 1670 g/mol. The number of ether oxygens (including phenoxy) is 13. The molecule has 2 heterocycles. The van der Waals surface area contributed by atoms with Gasteiger partial charge in [0.1, 0.15) is 40.2 Å². The van der Waals surface area contributed by atoms with Crippen molar-refractivity contribution in [2.45, 2.75) is 80.7 Å². The second-order valence-corrected chi connectivity index (χ2v) is 23.2. The van der Waals surface area contributed by atoms with Crippen LogP contribution in [-0.2, 0) is 63.7 Å². The van der Waals surface area contributed by atoms with Gasteiger partial charge in [-0.25, -0.2) is 53.1 Å². The summed E-state index contributed by atoms with van der Waals surface area (Å²) >= 11 is 2.62. The highest BCUT2D eigenvalue weighted by Gasteiger charge is 2.22. The van der Waals surface area contributed by atoms with E-state index < -0.39 is 53.7 Å². The molecule has 2 aromatic heterocycles. The number of aromatic nitrogens is 2. The molecule has 634 valence electrons. The fraction of sp³-hybridized carbons (Fsp3) is 0.193. The van der Waals surface area contributed by atoms with Gasteiger partial charge in [0.05, 0.1) is 61.7 Å². The van der Waals surface area contributed by atoms with E-state index in [4.69, 9.17) is 66.4 Å². The van der Waals surface area contributed by atoms with Crippen molar-refractivity contribution in [2.75, 3.05) is 51.2 Å². The Bertz CT molecular complexity index is 4960. The van der Waals surface area contributed by atoms with Crippen LogP contribution in [0.3, 0.4) is 0 Å². The second-order valence-electron chi connectivity index (χ2n) is 21.2. The number of benzene rings is 8. The minimum absolute atomic E-state index is 0. The number of anilines is 2. The Labute approximate surface area is 701 Å². The summed E-state index contributed by atoms with van der Waals surface area (Å²) in [5.74, 6) is -4.12. The molecular weight excluding hydrogens is 1570 g/mol. The number of nitrogens with one attached hydrogen (secondary N) is 1. The number of thiazole rings is 2. The number of hydrogen-bond donors (Lipinski definition) is 1. The van der Waals surface area contributed by atoms with Gasteiger partial charge in [0.25, 0.3) is 0 Å². The summed E-state index contributed by atoms with van der Waals surface area (Å²) in [7, 11) is 0. The number of nitrogens with zero attached hydrogens (tertiary/aromatic N) is 5. The first-order valence-corrected chi connectivity index (χ1v) is 33.6. The zero-order chi connectivity index (χ0) is 77.3.